The summed E-state index contributed by atoms with van der Waals surface area (Å²) in [5.41, 5.74) is 0. The topological polar surface area (TPSA) is 295 Å². The number of aliphatic hydroxyl groups excluding tert-OH is 9. The second-order valence-corrected chi connectivity index (χ2v) is 9.10. The Hall–Kier alpha value is -1.62. The van der Waals surface area contributed by atoms with Crippen molar-refractivity contribution < 1.29 is 84.3 Å². The average molecular weight is 559 g/mol. The summed E-state index contributed by atoms with van der Waals surface area (Å²) in [6, 6.07) is 0. The first-order valence-electron chi connectivity index (χ1n) is 11.6. The molecule has 0 aromatic carbocycles. The highest BCUT2D eigenvalue weighted by Crippen LogP contribution is 2.32. The number of carbonyl (C=O) groups excluding carboxylic acids is 1. The molecule has 0 aromatic heterocycles. The van der Waals surface area contributed by atoms with E-state index < -0.39 is 117 Å². The lowest BCUT2D eigenvalue weighted by atomic mass is 9.95. The highest BCUT2D eigenvalue weighted by molar-refractivity contribution is 5.73. The molecule has 3 fully saturated rings. The van der Waals surface area contributed by atoms with E-state index in [1.54, 1.807) is 0 Å². The molecule has 3 aliphatic heterocycles. The molecule has 18 heteroatoms. The molecule has 3 heterocycles. The highest BCUT2D eigenvalue weighted by Gasteiger charge is 2.54. The van der Waals surface area contributed by atoms with E-state index in [0.29, 0.717) is 0 Å². The summed E-state index contributed by atoms with van der Waals surface area (Å²) >= 11 is 0. The molecular weight excluding hydrogens is 526 g/mol. The molecule has 0 aliphatic carbocycles. The maximum atomic E-state index is 11.3. The van der Waals surface area contributed by atoms with Gasteiger partial charge >= 0.3 is 5.97 Å². The average Bonchev–Trinajstić information content (AvgIpc) is 2.86. The van der Waals surface area contributed by atoms with Gasteiger partial charge in [0, 0.05) is 6.92 Å². The molecule has 3 rings (SSSR count). The molecule has 220 valence electrons. The van der Waals surface area contributed by atoms with E-state index in [2.05, 4.69) is 5.32 Å². The smallest absolute Gasteiger partial charge is 0.335 e. The van der Waals surface area contributed by atoms with E-state index in [9.17, 15) is 60.7 Å². The summed E-state index contributed by atoms with van der Waals surface area (Å²) in [7, 11) is 0. The number of nitrogens with one attached hydrogen (secondary N) is 1. The van der Waals surface area contributed by atoms with Gasteiger partial charge < -0.3 is 80.1 Å². The lowest BCUT2D eigenvalue weighted by molar-refractivity contribution is -0.372. The van der Waals surface area contributed by atoms with Gasteiger partial charge in [-0.05, 0) is 0 Å². The van der Waals surface area contributed by atoms with Crippen LogP contribution in [-0.2, 0) is 33.3 Å². The Balaban J connectivity index is 1.79. The Morgan fingerprint density at radius 1 is 0.684 bits per heavy atom. The molecule has 0 radical (unpaired) electrons. The summed E-state index contributed by atoms with van der Waals surface area (Å²) in [6.45, 7) is -0.545. The van der Waals surface area contributed by atoms with Crippen LogP contribution in [0.4, 0.5) is 0 Å². The zero-order valence-corrected chi connectivity index (χ0v) is 19.9. The van der Waals surface area contributed by atoms with Gasteiger partial charge in [-0.1, -0.05) is 0 Å². The predicted molar refractivity (Wildman–Crippen MR) is 113 cm³/mol. The van der Waals surface area contributed by atoms with E-state index in [0.717, 1.165) is 6.92 Å². The van der Waals surface area contributed by atoms with Crippen LogP contribution in [0.2, 0.25) is 0 Å². The van der Waals surface area contributed by atoms with Crippen molar-refractivity contribution in [3.8, 4) is 0 Å². The quantitative estimate of drug-likeness (QED) is 0.132. The van der Waals surface area contributed by atoms with Crippen molar-refractivity contribution in [2.24, 2.45) is 0 Å². The fourth-order valence-electron chi connectivity index (χ4n) is 4.37. The Bertz CT molecular complexity index is 816. The first-order chi connectivity index (χ1) is 17.8. The molecule has 0 spiro atoms. The van der Waals surface area contributed by atoms with Crippen molar-refractivity contribution in [1.29, 1.82) is 0 Å². The summed E-state index contributed by atoms with van der Waals surface area (Å²) in [5.74, 6) is -2.32. The number of aliphatic carboxylic acids is 1. The van der Waals surface area contributed by atoms with Gasteiger partial charge in [0.2, 0.25) is 5.91 Å². The second-order valence-electron chi connectivity index (χ2n) is 9.10. The van der Waals surface area contributed by atoms with Crippen molar-refractivity contribution in [2.75, 3.05) is 13.2 Å². The SMILES string of the molecule is CC(=O)N[C@H]1O[C@H](CO)[C@@H](O[C@@H]2O[C@H](CO)[C@H](O)[C@H](O[C@@H]3O[C@H](C(=O)O)[C@@H](O)[C@H](O)[C@H]3O)[C@H]2O)[C@H](O)[C@H]1O. The maximum absolute atomic E-state index is 11.3. The number of carbonyl (C=O) groups is 2. The van der Waals surface area contributed by atoms with E-state index >= 15 is 0 Å². The normalized spacial score (nSPS) is 47.9. The van der Waals surface area contributed by atoms with Gasteiger partial charge in [-0.3, -0.25) is 4.79 Å². The van der Waals surface area contributed by atoms with Gasteiger partial charge in [0.05, 0.1) is 13.2 Å². The molecule has 0 bridgehead atoms. The Morgan fingerprint density at radius 2 is 1.26 bits per heavy atom. The van der Waals surface area contributed by atoms with Crippen LogP contribution in [0.1, 0.15) is 6.92 Å². The Kier molecular flexibility index (Phi) is 10.3. The van der Waals surface area contributed by atoms with Gasteiger partial charge in [0.25, 0.3) is 0 Å². The number of hydrogen-bond donors (Lipinski definition) is 11. The van der Waals surface area contributed by atoms with Gasteiger partial charge in [-0.25, -0.2) is 4.79 Å². The molecule has 15 atom stereocenters. The largest absolute Gasteiger partial charge is 0.479 e. The van der Waals surface area contributed by atoms with Crippen LogP contribution in [-0.4, -0.2) is 168 Å². The van der Waals surface area contributed by atoms with E-state index in [4.69, 9.17) is 23.7 Å². The van der Waals surface area contributed by atoms with Crippen LogP contribution >= 0.6 is 0 Å². The molecule has 18 nitrogen and oxygen atoms in total. The molecule has 3 saturated heterocycles. The minimum atomic E-state index is -2.05. The van der Waals surface area contributed by atoms with Crippen LogP contribution in [0.15, 0.2) is 0 Å². The molecule has 0 aromatic rings. The standard InChI is InChI=1S/C20H33NO17/c1-4(24)21-17-11(29)10(28)14(6(3-23)34-17)36-20-13(31)15(7(25)5(2-22)35-20)37-19-12(30)8(26)9(27)16(38-19)18(32)33/h5-17,19-20,22-23,25-31H,2-3H2,1H3,(H,21,24)(H,32,33)/t5-,6-,7+,8+,9+,10-,11-,12-,13-,14-,15+,16+,17+,19-,20+/m1/s1. The zero-order chi connectivity index (χ0) is 28.5. The van der Waals surface area contributed by atoms with Crippen LogP contribution in [0, 0.1) is 0 Å². The predicted octanol–water partition coefficient (Wildman–Crippen LogP) is -7.34. The van der Waals surface area contributed by atoms with Gasteiger partial charge in [0.1, 0.15) is 67.1 Å². The minimum absolute atomic E-state index is 0.613. The van der Waals surface area contributed by atoms with Crippen LogP contribution in [0.25, 0.3) is 0 Å². The van der Waals surface area contributed by atoms with Crippen molar-refractivity contribution in [1.82, 2.24) is 5.32 Å². The first-order valence-corrected chi connectivity index (χ1v) is 11.6. The number of carboxylic acid groups (broad SMARTS) is 1. The molecule has 38 heavy (non-hydrogen) atoms. The number of rotatable bonds is 8. The van der Waals surface area contributed by atoms with E-state index in [-0.39, 0.29) is 0 Å². The lowest BCUT2D eigenvalue weighted by Crippen LogP contribution is -2.67. The van der Waals surface area contributed by atoms with Crippen molar-refractivity contribution in [2.45, 2.75) is 99.0 Å². The molecule has 3 aliphatic rings. The number of amides is 1. The van der Waals surface area contributed by atoms with Crippen molar-refractivity contribution in [3.63, 3.8) is 0 Å². The van der Waals surface area contributed by atoms with Crippen LogP contribution in [0.5, 0.6) is 0 Å². The van der Waals surface area contributed by atoms with Gasteiger partial charge in [-0.2, -0.15) is 0 Å². The van der Waals surface area contributed by atoms with E-state index in [1.165, 1.54) is 0 Å². The Labute approximate surface area is 214 Å². The second kappa shape index (κ2) is 12.7. The van der Waals surface area contributed by atoms with Gasteiger partial charge in [0.15, 0.2) is 24.9 Å². The third-order valence-corrected chi connectivity index (χ3v) is 6.43. The molecule has 11 N–H and O–H groups in total. The third-order valence-electron chi connectivity index (χ3n) is 6.43. The van der Waals surface area contributed by atoms with E-state index in [1.807, 2.05) is 0 Å². The summed E-state index contributed by atoms with van der Waals surface area (Å²) in [4.78, 5) is 22.7. The van der Waals surface area contributed by atoms with Crippen molar-refractivity contribution >= 4 is 11.9 Å². The zero-order valence-electron chi connectivity index (χ0n) is 19.9. The molecule has 1 amide bonds. The van der Waals surface area contributed by atoms with Crippen LogP contribution < -0.4 is 5.32 Å². The summed E-state index contributed by atoms with van der Waals surface area (Å²) in [5, 5.41) is 103. The van der Waals surface area contributed by atoms with Crippen LogP contribution in [0.3, 0.4) is 0 Å². The fraction of sp³-hybridized carbons (Fsp3) is 0.900. The summed E-state index contributed by atoms with van der Waals surface area (Å²) < 4.78 is 26.6. The monoisotopic (exact) mass is 559 g/mol. The fourth-order valence-corrected chi connectivity index (χ4v) is 4.37. The Morgan fingerprint density at radius 3 is 1.82 bits per heavy atom. The number of aliphatic hydroxyl groups is 9. The lowest BCUT2D eigenvalue weighted by Gasteiger charge is -2.48. The summed E-state index contributed by atoms with van der Waals surface area (Å²) in [6.07, 6.45) is -27.2. The first kappa shape index (κ1) is 30.9. The van der Waals surface area contributed by atoms with Crippen molar-refractivity contribution in [3.05, 3.63) is 0 Å². The number of ether oxygens (including phenoxy) is 5. The maximum Gasteiger partial charge on any atom is 0.335 e. The number of carboxylic acids is 1. The molecule has 0 unspecified atom stereocenters. The third kappa shape index (κ3) is 6.24. The molecular formula is C20H33NO17. The van der Waals surface area contributed by atoms with Gasteiger partial charge in [-0.15, -0.1) is 0 Å². The number of hydrogen-bond acceptors (Lipinski definition) is 16. The minimum Gasteiger partial charge on any atom is -0.479 e. The molecule has 0 saturated carbocycles. The highest BCUT2D eigenvalue weighted by atomic mass is 16.7.